The molecule has 7 heteroatoms. The summed E-state index contributed by atoms with van der Waals surface area (Å²) in [5, 5.41) is 13.9. The highest BCUT2D eigenvalue weighted by molar-refractivity contribution is 14.1. The predicted molar refractivity (Wildman–Crippen MR) is 120 cm³/mol. The van der Waals surface area contributed by atoms with Crippen LogP contribution >= 0.6 is 45.2 Å². The van der Waals surface area contributed by atoms with Crippen molar-refractivity contribution in [2.24, 2.45) is 5.10 Å². The number of halogens is 2. The molecule has 1 atom stereocenters. The van der Waals surface area contributed by atoms with Crippen LogP contribution in [-0.4, -0.2) is 23.8 Å². The standard InChI is InChI=1S/C19H20I2N2O3/c1-3-12(2)13-4-6-16(7-5-13)26-11-18(24)23-22-10-14-8-15(20)9-17(21)19(14)25/h4-10,12,25H,3,11H2,1-2H3,(H,23,24)/b22-10+. The summed E-state index contributed by atoms with van der Waals surface area (Å²) in [7, 11) is 0. The predicted octanol–water partition coefficient (Wildman–Crippen LogP) is 4.64. The average Bonchev–Trinajstić information content (AvgIpc) is 2.63. The van der Waals surface area contributed by atoms with Crippen molar-refractivity contribution in [3.8, 4) is 11.5 Å². The molecule has 0 aliphatic rings. The third kappa shape index (κ3) is 6.11. The van der Waals surface area contributed by atoms with Crippen molar-refractivity contribution < 1.29 is 14.6 Å². The number of phenolic OH excluding ortho intramolecular Hbond substituents is 1. The Morgan fingerprint density at radius 1 is 1.31 bits per heavy atom. The average molecular weight is 578 g/mol. The Bertz CT molecular complexity index is 792. The van der Waals surface area contributed by atoms with E-state index in [9.17, 15) is 9.90 Å². The second-order valence-electron chi connectivity index (χ2n) is 5.79. The Balaban J connectivity index is 1.86. The van der Waals surface area contributed by atoms with Crippen molar-refractivity contribution in [1.82, 2.24) is 5.43 Å². The van der Waals surface area contributed by atoms with Gasteiger partial charge < -0.3 is 9.84 Å². The van der Waals surface area contributed by atoms with Gasteiger partial charge in [-0.3, -0.25) is 4.79 Å². The minimum absolute atomic E-state index is 0.129. The molecule has 0 aliphatic heterocycles. The number of carbonyl (C=O) groups excluding carboxylic acids is 1. The van der Waals surface area contributed by atoms with Crippen LogP contribution in [0.25, 0.3) is 0 Å². The highest BCUT2D eigenvalue weighted by Crippen LogP contribution is 2.25. The zero-order valence-corrected chi connectivity index (χ0v) is 18.8. The second-order valence-corrected chi connectivity index (χ2v) is 8.19. The minimum atomic E-state index is -0.368. The number of benzene rings is 2. The molecule has 2 aromatic carbocycles. The summed E-state index contributed by atoms with van der Waals surface area (Å²) in [5.74, 6) is 0.914. The topological polar surface area (TPSA) is 70.9 Å². The number of rotatable bonds is 7. The van der Waals surface area contributed by atoms with Crippen molar-refractivity contribution >= 4 is 57.3 Å². The molecule has 0 fully saturated rings. The van der Waals surface area contributed by atoms with Gasteiger partial charge in [-0.05, 0) is 87.3 Å². The van der Waals surface area contributed by atoms with E-state index >= 15 is 0 Å². The van der Waals surface area contributed by atoms with Crippen LogP contribution in [0.1, 0.15) is 37.3 Å². The fraction of sp³-hybridized carbons (Fsp3) is 0.263. The van der Waals surface area contributed by atoms with E-state index in [1.165, 1.54) is 11.8 Å². The molecule has 1 amide bonds. The largest absolute Gasteiger partial charge is 0.506 e. The third-order valence-corrected chi connectivity index (χ3v) is 5.33. The van der Waals surface area contributed by atoms with Crippen LogP contribution in [0, 0.1) is 7.14 Å². The first-order valence-electron chi connectivity index (χ1n) is 8.13. The maximum absolute atomic E-state index is 11.8. The van der Waals surface area contributed by atoms with E-state index in [4.69, 9.17) is 4.74 Å². The first-order valence-corrected chi connectivity index (χ1v) is 10.3. The van der Waals surface area contributed by atoms with E-state index in [0.29, 0.717) is 17.2 Å². The molecule has 2 rings (SSSR count). The van der Waals surface area contributed by atoms with Gasteiger partial charge in [-0.25, -0.2) is 5.43 Å². The highest BCUT2D eigenvalue weighted by atomic mass is 127. The number of hydrogen-bond donors (Lipinski definition) is 2. The molecule has 26 heavy (non-hydrogen) atoms. The highest BCUT2D eigenvalue weighted by Gasteiger charge is 2.07. The summed E-state index contributed by atoms with van der Waals surface area (Å²) >= 11 is 4.20. The Morgan fingerprint density at radius 2 is 2.00 bits per heavy atom. The molecule has 5 nitrogen and oxygen atoms in total. The molecule has 0 aromatic heterocycles. The summed E-state index contributed by atoms with van der Waals surface area (Å²) in [6, 6.07) is 11.4. The molecule has 138 valence electrons. The van der Waals surface area contributed by atoms with Gasteiger partial charge in [0.2, 0.25) is 0 Å². The molecular formula is C19H20I2N2O3. The summed E-state index contributed by atoms with van der Waals surface area (Å²) in [5.41, 5.74) is 4.19. The second kappa shape index (κ2) is 10.1. The number of hydrogen-bond acceptors (Lipinski definition) is 4. The van der Waals surface area contributed by atoms with E-state index in [0.717, 1.165) is 13.6 Å². The van der Waals surface area contributed by atoms with E-state index in [1.807, 2.05) is 52.9 Å². The van der Waals surface area contributed by atoms with Crippen LogP contribution in [0.3, 0.4) is 0 Å². The zero-order chi connectivity index (χ0) is 19.1. The summed E-state index contributed by atoms with van der Waals surface area (Å²) in [4.78, 5) is 11.8. The Morgan fingerprint density at radius 3 is 2.65 bits per heavy atom. The number of ether oxygens (including phenoxy) is 1. The van der Waals surface area contributed by atoms with Crippen molar-refractivity contribution in [2.75, 3.05) is 6.61 Å². The maximum atomic E-state index is 11.8. The number of nitrogens with one attached hydrogen (secondary N) is 1. The number of phenols is 1. The third-order valence-electron chi connectivity index (χ3n) is 3.88. The number of amides is 1. The fourth-order valence-electron chi connectivity index (χ4n) is 2.17. The van der Waals surface area contributed by atoms with Crippen molar-refractivity contribution in [3.05, 3.63) is 54.7 Å². The lowest BCUT2D eigenvalue weighted by molar-refractivity contribution is -0.123. The monoisotopic (exact) mass is 578 g/mol. The van der Waals surface area contributed by atoms with Gasteiger partial charge in [-0.15, -0.1) is 0 Å². The van der Waals surface area contributed by atoms with E-state index in [-0.39, 0.29) is 18.3 Å². The fourth-order valence-corrected chi connectivity index (χ4v) is 4.06. The molecule has 0 heterocycles. The van der Waals surface area contributed by atoms with Gasteiger partial charge in [0.25, 0.3) is 5.91 Å². The first-order chi connectivity index (χ1) is 12.4. The van der Waals surface area contributed by atoms with Gasteiger partial charge in [-0.2, -0.15) is 5.10 Å². The molecular weight excluding hydrogens is 558 g/mol. The summed E-state index contributed by atoms with van der Waals surface area (Å²) in [6.07, 6.45) is 2.49. The molecule has 2 aromatic rings. The first kappa shape index (κ1) is 20.9. The zero-order valence-electron chi connectivity index (χ0n) is 14.5. The normalized spacial score (nSPS) is 12.2. The van der Waals surface area contributed by atoms with Gasteiger partial charge in [0.1, 0.15) is 11.5 Å². The van der Waals surface area contributed by atoms with Gasteiger partial charge in [0, 0.05) is 9.13 Å². The lowest BCUT2D eigenvalue weighted by atomic mass is 9.99. The molecule has 0 saturated carbocycles. The minimum Gasteiger partial charge on any atom is -0.506 e. The lowest BCUT2D eigenvalue weighted by Crippen LogP contribution is -2.24. The van der Waals surface area contributed by atoms with Crippen LogP contribution in [0.15, 0.2) is 41.5 Å². The van der Waals surface area contributed by atoms with Crippen molar-refractivity contribution in [1.29, 1.82) is 0 Å². The van der Waals surface area contributed by atoms with Crippen LogP contribution in [-0.2, 0) is 4.79 Å². The van der Waals surface area contributed by atoms with Gasteiger partial charge in [0.05, 0.1) is 9.78 Å². The molecule has 0 radical (unpaired) electrons. The van der Waals surface area contributed by atoms with Gasteiger partial charge in [0.15, 0.2) is 6.61 Å². The van der Waals surface area contributed by atoms with Crippen molar-refractivity contribution in [2.45, 2.75) is 26.2 Å². The molecule has 1 unspecified atom stereocenters. The van der Waals surface area contributed by atoms with E-state index in [1.54, 1.807) is 6.07 Å². The van der Waals surface area contributed by atoms with Crippen LogP contribution < -0.4 is 10.2 Å². The SMILES string of the molecule is CCC(C)c1ccc(OCC(=O)N/N=C/c2cc(I)cc(I)c2O)cc1. The molecule has 2 N–H and O–H groups in total. The van der Waals surface area contributed by atoms with Gasteiger partial charge in [-0.1, -0.05) is 26.0 Å². The van der Waals surface area contributed by atoms with Gasteiger partial charge >= 0.3 is 0 Å². The number of hydrazone groups is 1. The molecule has 0 spiro atoms. The van der Waals surface area contributed by atoms with Crippen LogP contribution in [0.4, 0.5) is 0 Å². The van der Waals surface area contributed by atoms with Crippen LogP contribution in [0.2, 0.25) is 0 Å². The lowest BCUT2D eigenvalue weighted by Gasteiger charge is -2.10. The molecule has 0 bridgehead atoms. The Kier molecular flexibility index (Phi) is 8.14. The Hall–Kier alpha value is -1.36. The maximum Gasteiger partial charge on any atom is 0.277 e. The number of carbonyl (C=O) groups is 1. The summed E-state index contributed by atoms with van der Waals surface area (Å²) < 4.78 is 7.17. The van der Waals surface area contributed by atoms with E-state index in [2.05, 4.69) is 47.0 Å². The quantitative estimate of drug-likeness (QED) is 0.286. The number of nitrogens with zero attached hydrogens (tertiary/aromatic N) is 1. The van der Waals surface area contributed by atoms with Crippen LogP contribution in [0.5, 0.6) is 11.5 Å². The van der Waals surface area contributed by atoms with E-state index < -0.39 is 0 Å². The molecule has 0 saturated heterocycles. The summed E-state index contributed by atoms with van der Waals surface area (Å²) in [6.45, 7) is 4.20. The van der Waals surface area contributed by atoms with Crippen molar-refractivity contribution in [3.63, 3.8) is 0 Å². The number of aromatic hydroxyl groups is 1. The Labute approximate surface area is 180 Å². The smallest absolute Gasteiger partial charge is 0.277 e. The molecule has 0 aliphatic carbocycles.